The predicted octanol–water partition coefficient (Wildman–Crippen LogP) is 2.39. The average molecular weight is 342 g/mol. The summed E-state index contributed by atoms with van der Waals surface area (Å²) < 4.78 is 4.91. The van der Waals surface area contributed by atoms with Crippen LogP contribution in [0.5, 0.6) is 0 Å². The molecule has 6 nitrogen and oxygen atoms in total. The number of hydrazine groups is 1. The predicted molar refractivity (Wildman–Crippen MR) is 90.3 cm³/mol. The van der Waals surface area contributed by atoms with Crippen molar-refractivity contribution in [3.8, 4) is 0 Å². The van der Waals surface area contributed by atoms with E-state index < -0.39 is 17.8 Å². The third-order valence-electron chi connectivity index (χ3n) is 3.36. The molecule has 3 rings (SSSR count). The van der Waals surface area contributed by atoms with E-state index in [0.717, 1.165) is 9.89 Å². The first kappa shape index (κ1) is 15.9. The Morgan fingerprint density at radius 2 is 2.00 bits per heavy atom. The molecule has 1 aromatic heterocycles. The van der Waals surface area contributed by atoms with Crippen LogP contribution in [-0.4, -0.2) is 24.4 Å². The molecule has 1 aliphatic rings. The van der Waals surface area contributed by atoms with Gasteiger partial charge in [0.05, 0.1) is 17.9 Å². The Bertz CT molecular complexity index is 810. The lowest BCUT2D eigenvalue weighted by Crippen LogP contribution is -2.35. The van der Waals surface area contributed by atoms with Gasteiger partial charge in [0.2, 0.25) is 0 Å². The van der Waals surface area contributed by atoms with Crippen molar-refractivity contribution >= 4 is 40.9 Å². The van der Waals surface area contributed by atoms with Gasteiger partial charge in [0.15, 0.2) is 0 Å². The van der Waals surface area contributed by atoms with E-state index >= 15 is 0 Å². The zero-order chi connectivity index (χ0) is 17.1. The topological polar surface area (TPSA) is 75.7 Å². The minimum atomic E-state index is -0.456. The molecule has 24 heavy (non-hydrogen) atoms. The van der Waals surface area contributed by atoms with Crippen LogP contribution in [-0.2, 0) is 14.3 Å². The number of anilines is 1. The summed E-state index contributed by atoms with van der Waals surface area (Å²) in [6, 6.07) is 9.94. The summed E-state index contributed by atoms with van der Waals surface area (Å²) in [6.45, 7) is 2.02. The number of benzene rings is 1. The number of nitrogens with zero attached hydrogens (tertiary/aromatic N) is 1. The van der Waals surface area contributed by atoms with Crippen molar-refractivity contribution in [1.29, 1.82) is 0 Å². The van der Waals surface area contributed by atoms with Gasteiger partial charge >= 0.3 is 5.97 Å². The normalized spacial score (nSPS) is 15.7. The molecule has 0 atom stereocenters. The van der Waals surface area contributed by atoms with Crippen LogP contribution in [0.25, 0.3) is 6.08 Å². The van der Waals surface area contributed by atoms with Gasteiger partial charge in [-0.15, -0.1) is 11.3 Å². The van der Waals surface area contributed by atoms with Gasteiger partial charge in [0.1, 0.15) is 5.57 Å². The van der Waals surface area contributed by atoms with Crippen molar-refractivity contribution in [3.05, 3.63) is 57.8 Å². The highest BCUT2D eigenvalue weighted by Gasteiger charge is 2.34. The first-order valence-electron chi connectivity index (χ1n) is 7.28. The highest BCUT2D eigenvalue weighted by atomic mass is 32.1. The second-order valence-corrected chi connectivity index (χ2v) is 5.90. The van der Waals surface area contributed by atoms with E-state index in [0.29, 0.717) is 11.3 Å². The zero-order valence-corrected chi connectivity index (χ0v) is 13.6. The van der Waals surface area contributed by atoms with E-state index in [9.17, 15) is 14.4 Å². The summed E-state index contributed by atoms with van der Waals surface area (Å²) in [4.78, 5) is 37.0. The minimum absolute atomic E-state index is 0.0759. The summed E-state index contributed by atoms with van der Waals surface area (Å²) in [7, 11) is 0. The van der Waals surface area contributed by atoms with Crippen molar-refractivity contribution in [2.24, 2.45) is 0 Å². The Morgan fingerprint density at radius 3 is 2.62 bits per heavy atom. The van der Waals surface area contributed by atoms with Crippen LogP contribution in [0.1, 0.15) is 22.2 Å². The fraction of sp³-hybridized carbons (Fsp3) is 0.118. The molecule has 0 unspecified atom stereocenters. The van der Waals surface area contributed by atoms with Gasteiger partial charge in [0.25, 0.3) is 11.8 Å². The number of hydrogen-bond donors (Lipinski definition) is 1. The molecule has 2 amide bonds. The fourth-order valence-electron chi connectivity index (χ4n) is 2.22. The third-order valence-corrected chi connectivity index (χ3v) is 4.18. The maximum atomic E-state index is 12.5. The van der Waals surface area contributed by atoms with Crippen LogP contribution in [0, 0.1) is 0 Å². The molecule has 1 N–H and O–H groups in total. The highest BCUT2D eigenvalue weighted by Crippen LogP contribution is 2.23. The second-order valence-electron chi connectivity index (χ2n) is 4.92. The van der Waals surface area contributed by atoms with E-state index in [2.05, 4.69) is 5.43 Å². The number of hydrogen-bond acceptors (Lipinski definition) is 5. The molecule has 7 heteroatoms. The summed E-state index contributed by atoms with van der Waals surface area (Å²) in [5.74, 6) is -1.32. The lowest BCUT2D eigenvalue weighted by molar-refractivity contribution is -0.117. The van der Waals surface area contributed by atoms with Gasteiger partial charge in [-0.25, -0.2) is 9.80 Å². The second kappa shape index (κ2) is 6.67. The van der Waals surface area contributed by atoms with Crippen LogP contribution in [0.15, 0.2) is 47.4 Å². The molecule has 0 spiro atoms. The number of nitrogens with one attached hydrogen (secondary N) is 1. The SMILES string of the molecule is CCOC(=O)c1ccc(N2NC(=O)/C(=C/c3cccs3)C2=O)cc1. The van der Waals surface area contributed by atoms with Crippen LogP contribution < -0.4 is 10.4 Å². The van der Waals surface area contributed by atoms with E-state index in [1.807, 2.05) is 17.5 Å². The molecule has 1 aliphatic heterocycles. The van der Waals surface area contributed by atoms with Gasteiger partial charge in [0, 0.05) is 4.88 Å². The highest BCUT2D eigenvalue weighted by molar-refractivity contribution is 7.10. The first-order chi connectivity index (χ1) is 11.6. The average Bonchev–Trinajstić information content (AvgIpc) is 3.19. The molecule has 1 fully saturated rings. The Labute approximate surface area is 142 Å². The molecule has 1 saturated heterocycles. The minimum Gasteiger partial charge on any atom is -0.462 e. The van der Waals surface area contributed by atoms with E-state index in [1.54, 1.807) is 37.3 Å². The molecule has 2 heterocycles. The molecule has 0 radical (unpaired) electrons. The fourth-order valence-corrected chi connectivity index (χ4v) is 2.87. The van der Waals surface area contributed by atoms with Crippen molar-refractivity contribution in [2.45, 2.75) is 6.92 Å². The van der Waals surface area contributed by atoms with Gasteiger partial charge < -0.3 is 4.74 Å². The molecular weight excluding hydrogens is 328 g/mol. The van der Waals surface area contributed by atoms with Crippen molar-refractivity contribution in [2.75, 3.05) is 11.6 Å². The molecular formula is C17H14N2O4S. The Kier molecular flexibility index (Phi) is 4.43. The molecule has 2 aromatic rings. The zero-order valence-electron chi connectivity index (χ0n) is 12.8. The van der Waals surface area contributed by atoms with E-state index in [1.165, 1.54) is 11.3 Å². The maximum absolute atomic E-state index is 12.5. The lowest BCUT2D eigenvalue weighted by Gasteiger charge is -2.14. The molecule has 0 bridgehead atoms. The summed E-state index contributed by atoms with van der Waals surface area (Å²) in [5.41, 5.74) is 3.45. The number of esters is 1. The third kappa shape index (κ3) is 3.07. The molecule has 0 aliphatic carbocycles. The van der Waals surface area contributed by atoms with E-state index in [-0.39, 0.29) is 12.2 Å². The largest absolute Gasteiger partial charge is 0.462 e. The number of thiophene rings is 1. The molecule has 122 valence electrons. The summed E-state index contributed by atoms with van der Waals surface area (Å²) in [5, 5.41) is 3.03. The smallest absolute Gasteiger partial charge is 0.338 e. The lowest BCUT2D eigenvalue weighted by atomic mass is 10.2. The first-order valence-corrected chi connectivity index (χ1v) is 8.16. The number of carbonyl (C=O) groups is 3. The van der Waals surface area contributed by atoms with Crippen molar-refractivity contribution in [3.63, 3.8) is 0 Å². The van der Waals surface area contributed by atoms with Crippen LogP contribution >= 0.6 is 11.3 Å². The molecule has 1 aromatic carbocycles. The van der Waals surface area contributed by atoms with Crippen LogP contribution in [0.3, 0.4) is 0 Å². The van der Waals surface area contributed by atoms with Gasteiger partial charge in [-0.05, 0) is 48.7 Å². The number of amides is 2. The van der Waals surface area contributed by atoms with E-state index in [4.69, 9.17) is 4.74 Å². The van der Waals surface area contributed by atoms with Gasteiger partial charge in [-0.1, -0.05) is 6.07 Å². The standard InChI is InChI=1S/C17H14N2O4S/c1-2-23-17(22)11-5-7-12(8-6-11)19-16(21)14(15(20)18-19)10-13-4-3-9-24-13/h3-10H,2H2,1H3,(H,18,20)/b14-10-. The Balaban J connectivity index is 1.82. The number of carbonyl (C=O) groups excluding carboxylic acids is 3. The monoisotopic (exact) mass is 342 g/mol. The molecule has 0 saturated carbocycles. The van der Waals surface area contributed by atoms with Crippen LogP contribution in [0.4, 0.5) is 5.69 Å². The Morgan fingerprint density at radius 1 is 1.25 bits per heavy atom. The van der Waals surface area contributed by atoms with Gasteiger partial charge in [-0.3, -0.25) is 15.0 Å². The summed E-state index contributed by atoms with van der Waals surface area (Å²) in [6.07, 6.45) is 1.56. The van der Waals surface area contributed by atoms with Crippen molar-refractivity contribution < 1.29 is 19.1 Å². The summed E-state index contributed by atoms with van der Waals surface area (Å²) >= 11 is 1.44. The van der Waals surface area contributed by atoms with Crippen LogP contribution in [0.2, 0.25) is 0 Å². The quantitative estimate of drug-likeness (QED) is 0.526. The van der Waals surface area contributed by atoms with Crippen molar-refractivity contribution in [1.82, 2.24) is 5.43 Å². The Hall–Kier alpha value is -2.93. The number of rotatable bonds is 4. The van der Waals surface area contributed by atoms with Gasteiger partial charge in [-0.2, -0.15) is 0 Å². The maximum Gasteiger partial charge on any atom is 0.338 e. The number of ether oxygens (including phenoxy) is 1.